The van der Waals surface area contributed by atoms with E-state index in [2.05, 4.69) is 17.2 Å². The number of anilines is 1. The predicted molar refractivity (Wildman–Crippen MR) is 124 cm³/mol. The van der Waals surface area contributed by atoms with Crippen LogP contribution >= 0.6 is 11.8 Å². The first kappa shape index (κ1) is 22.5. The number of thioether (sulfide) groups is 1. The van der Waals surface area contributed by atoms with Crippen molar-refractivity contribution >= 4 is 29.3 Å². The van der Waals surface area contributed by atoms with Crippen molar-refractivity contribution in [2.45, 2.75) is 44.1 Å². The molecule has 2 aliphatic heterocycles. The van der Waals surface area contributed by atoms with Gasteiger partial charge in [0.15, 0.2) is 11.5 Å². The van der Waals surface area contributed by atoms with E-state index >= 15 is 0 Å². The van der Waals surface area contributed by atoms with Gasteiger partial charge in [-0.3, -0.25) is 9.59 Å². The van der Waals surface area contributed by atoms with Crippen LogP contribution in [0.1, 0.15) is 49.4 Å². The first-order valence-corrected chi connectivity index (χ1v) is 12.2. The number of carbonyl (C=O) groups excluding carboxylic acids is 2. The Morgan fingerprint density at radius 2 is 2.06 bits per heavy atom. The summed E-state index contributed by atoms with van der Waals surface area (Å²) in [4.78, 5) is 32.0. The maximum absolute atomic E-state index is 13.2. The van der Waals surface area contributed by atoms with E-state index in [9.17, 15) is 9.59 Å². The molecule has 8 heteroatoms. The fourth-order valence-electron chi connectivity index (χ4n) is 4.21. The zero-order valence-electron chi connectivity index (χ0n) is 18.3. The van der Waals surface area contributed by atoms with Crippen molar-refractivity contribution in [1.82, 2.24) is 9.88 Å². The second kappa shape index (κ2) is 10.7. The monoisotopic (exact) mass is 455 g/mol. The van der Waals surface area contributed by atoms with Gasteiger partial charge in [-0.25, -0.2) is 4.98 Å². The second-order valence-electron chi connectivity index (χ2n) is 8.14. The van der Waals surface area contributed by atoms with Crippen molar-refractivity contribution in [3.05, 3.63) is 42.1 Å². The Hall–Kier alpha value is -2.74. The summed E-state index contributed by atoms with van der Waals surface area (Å²) in [6, 6.07) is 8.87. The third-order valence-corrected chi connectivity index (χ3v) is 6.83. The van der Waals surface area contributed by atoms with Crippen LogP contribution in [0.5, 0.6) is 11.5 Å². The molecule has 1 atom stereocenters. The van der Waals surface area contributed by atoms with Crippen molar-refractivity contribution in [2.75, 3.05) is 31.0 Å². The molecule has 32 heavy (non-hydrogen) atoms. The normalized spacial score (nSPS) is 17.7. The van der Waals surface area contributed by atoms with Gasteiger partial charge in [0.2, 0.25) is 12.7 Å². The summed E-state index contributed by atoms with van der Waals surface area (Å²) in [6.07, 6.45) is 7.36. The highest BCUT2D eigenvalue weighted by atomic mass is 32.2. The summed E-state index contributed by atoms with van der Waals surface area (Å²) in [6.45, 7) is 3.97. The highest BCUT2D eigenvalue weighted by Crippen LogP contribution is 2.34. The molecule has 0 bridgehead atoms. The number of rotatable bonds is 7. The Morgan fingerprint density at radius 3 is 2.94 bits per heavy atom. The summed E-state index contributed by atoms with van der Waals surface area (Å²) < 4.78 is 10.6. The van der Waals surface area contributed by atoms with Gasteiger partial charge in [-0.15, -0.1) is 0 Å². The molecule has 1 unspecified atom stereocenters. The zero-order valence-corrected chi connectivity index (χ0v) is 19.2. The van der Waals surface area contributed by atoms with Gasteiger partial charge >= 0.3 is 0 Å². The van der Waals surface area contributed by atoms with Crippen LogP contribution in [0.25, 0.3) is 0 Å². The van der Waals surface area contributed by atoms with E-state index in [0.717, 1.165) is 25.9 Å². The van der Waals surface area contributed by atoms with Gasteiger partial charge in [0, 0.05) is 31.0 Å². The SMILES string of the molecule is CCCC1CCCN(C(=O)c2cccnc2SCC(=O)Nc2ccc3c(c2)OCO3)CC1. The lowest BCUT2D eigenvalue weighted by atomic mass is 9.96. The number of pyridine rings is 1. The van der Waals surface area contributed by atoms with Gasteiger partial charge in [0.25, 0.3) is 5.91 Å². The number of aromatic nitrogens is 1. The minimum absolute atomic E-state index is 0.00827. The molecular weight excluding hydrogens is 426 g/mol. The van der Waals surface area contributed by atoms with Crippen molar-refractivity contribution in [3.63, 3.8) is 0 Å². The van der Waals surface area contributed by atoms with Crippen LogP contribution in [-0.2, 0) is 4.79 Å². The molecule has 2 aromatic rings. The number of likely N-dealkylation sites (tertiary alicyclic amines) is 1. The first-order chi connectivity index (χ1) is 15.6. The lowest BCUT2D eigenvalue weighted by Gasteiger charge is -2.21. The average Bonchev–Trinajstić information content (AvgIpc) is 3.15. The summed E-state index contributed by atoms with van der Waals surface area (Å²) in [7, 11) is 0. The molecule has 1 saturated heterocycles. The summed E-state index contributed by atoms with van der Waals surface area (Å²) in [5.74, 6) is 1.99. The van der Waals surface area contributed by atoms with E-state index < -0.39 is 0 Å². The summed E-state index contributed by atoms with van der Waals surface area (Å²) in [5, 5.41) is 3.45. The topological polar surface area (TPSA) is 80.8 Å². The number of hydrogen-bond acceptors (Lipinski definition) is 6. The number of nitrogens with one attached hydrogen (secondary N) is 1. The Kier molecular flexibility index (Phi) is 7.52. The minimum Gasteiger partial charge on any atom is -0.454 e. The first-order valence-electron chi connectivity index (χ1n) is 11.2. The van der Waals surface area contributed by atoms with Crippen molar-refractivity contribution in [2.24, 2.45) is 5.92 Å². The molecule has 7 nitrogen and oxygen atoms in total. The number of nitrogens with zero attached hydrogens (tertiary/aromatic N) is 2. The van der Waals surface area contributed by atoms with Crippen molar-refractivity contribution in [3.8, 4) is 11.5 Å². The van der Waals surface area contributed by atoms with Gasteiger partial charge in [0.05, 0.1) is 11.3 Å². The molecule has 0 radical (unpaired) electrons. The van der Waals surface area contributed by atoms with Crippen LogP contribution in [0.2, 0.25) is 0 Å². The molecule has 1 aromatic heterocycles. The standard InChI is InChI=1S/C24H29N3O4S/c1-2-5-17-6-4-12-27(13-10-17)24(29)19-7-3-11-25-23(19)32-15-22(28)26-18-8-9-20-21(14-18)31-16-30-20/h3,7-9,11,14,17H,2,4-6,10,12-13,15-16H2,1H3,(H,26,28). The third kappa shape index (κ3) is 5.54. The number of carbonyl (C=O) groups is 2. The van der Waals surface area contributed by atoms with Gasteiger partial charge in [0.1, 0.15) is 5.03 Å². The molecule has 170 valence electrons. The maximum atomic E-state index is 13.2. The molecule has 2 amide bonds. The quantitative estimate of drug-likeness (QED) is 0.616. The number of hydrogen-bond donors (Lipinski definition) is 1. The third-order valence-electron chi connectivity index (χ3n) is 5.83. The fourth-order valence-corrected chi connectivity index (χ4v) is 5.00. The Balaban J connectivity index is 1.35. The highest BCUT2D eigenvalue weighted by molar-refractivity contribution is 8.00. The van der Waals surface area contributed by atoms with E-state index in [1.54, 1.807) is 30.5 Å². The molecule has 0 spiro atoms. The minimum atomic E-state index is -0.171. The highest BCUT2D eigenvalue weighted by Gasteiger charge is 2.24. The Morgan fingerprint density at radius 1 is 1.19 bits per heavy atom. The van der Waals surface area contributed by atoms with E-state index in [4.69, 9.17) is 9.47 Å². The van der Waals surface area contributed by atoms with E-state index in [0.29, 0.717) is 33.7 Å². The second-order valence-corrected chi connectivity index (χ2v) is 9.10. The van der Waals surface area contributed by atoms with Crippen molar-refractivity contribution < 1.29 is 19.1 Å². The lowest BCUT2D eigenvalue weighted by Crippen LogP contribution is -2.32. The Bertz CT molecular complexity index is 968. The van der Waals surface area contributed by atoms with E-state index in [1.165, 1.54) is 31.0 Å². The molecule has 4 rings (SSSR count). The molecule has 0 saturated carbocycles. The van der Waals surface area contributed by atoms with Crippen LogP contribution in [0, 0.1) is 5.92 Å². The van der Waals surface area contributed by atoms with Crippen LogP contribution < -0.4 is 14.8 Å². The van der Waals surface area contributed by atoms with Gasteiger partial charge in [-0.1, -0.05) is 31.5 Å². The van der Waals surface area contributed by atoms with Crippen LogP contribution in [0.3, 0.4) is 0 Å². The van der Waals surface area contributed by atoms with Crippen LogP contribution in [0.15, 0.2) is 41.6 Å². The number of amides is 2. The molecule has 1 N–H and O–H groups in total. The van der Waals surface area contributed by atoms with Crippen LogP contribution in [-0.4, -0.2) is 47.3 Å². The van der Waals surface area contributed by atoms with Gasteiger partial charge in [-0.2, -0.15) is 0 Å². The molecular formula is C24H29N3O4S. The number of fused-ring (bicyclic) bond motifs is 1. The van der Waals surface area contributed by atoms with E-state index in [1.807, 2.05) is 11.0 Å². The molecule has 1 fully saturated rings. The predicted octanol–water partition coefficient (Wildman–Crippen LogP) is 4.58. The van der Waals surface area contributed by atoms with Gasteiger partial charge in [-0.05, 0) is 49.4 Å². The average molecular weight is 456 g/mol. The Labute approximate surface area is 192 Å². The summed E-state index contributed by atoms with van der Waals surface area (Å²) >= 11 is 1.28. The van der Waals surface area contributed by atoms with Crippen molar-refractivity contribution in [1.29, 1.82) is 0 Å². The fraction of sp³-hybridized carbons (Fsp3) is 0.458. The lowest BCUT2D eigenvalue weighted by molar-refractivity contribution is -0.113. The van der Waals surface area contributed by atoms with Gasteiger partial charge < -0.3 is 19.7 Å². The van der Waals surface area contributed by atoms with Crippen LogP contribution in [0.4, 0.5) is 5.69 Å². The number of ether oxygens (including phenoxy) is 2. The molecule has 0 aliphatic carbocycles. The maximum Gasteiger partial charge on any atom is 0.256 e. The molecule has 3 heterocycles. The summed E-state index contributed by atoms with van der Waals surface area (Å²) in [5.41, 5.74) is 1.21. The largest absolute Gasteiger partial charge is 0.454 e. The zero-order chi connectivity index (χ0) is 22.3. The smallest absolute Gasteiger partial charge is 0.256 e. The number of benzene rings is 1. The van der Waals surface area contributed by atoms with E-state index in [-0.39, 0.29) is 24.4 Å². The molecule has 1 aromatic carbocycles. The molecule has 2 aliphatic rings.